The molecule has 0 bridgehead atoms. The number of benzene rings is 2. The van der Waals surface area contributed by atoms with Crippen molar-refractivity contribution < 1.29 is 4.79 Å². The third kappa shape index (κ3) is 2.12. The van der Waals surface area contributed by atoms with E-state index in [1.807, 2.05) is 36.4 Å². The molecule has 78 valence electrons. The monoisotopic (exact) mass is 273 g/mol. The van der Waals surface area contributed by atoms with Gasteiger partial charge in [-0.05, 0) is 29.0 Å². The van der Waals surface area contributed by atoms with E-state index < -0.39 is 0 Å². The average Bonchev–Trinajstić information content (AvgIpc) is 2.28. The Kier molecular flexibility index (Phi) is 3.02. The van der Waals surface area contributed by atoms with Gasteiger partial charge in [-0.15, -0.1) is 0 Å². The van der Waals surface area contributed by atoms with Crippen molar-refractivity contribution in [1.82, 2.24) is 0 Å². The molecule has 2 nitrogen and oxygen atoms in total. The molecule has 3 heteroatoms. The molecule has 2 aromatic rings. The second-order valence-corrected chi connectivity index (χ2v) is 4.38. The van der Waals surface area contributed by atoms with Crippen LogP contribution in [0.5, 0.6) is 0 Å². The number of hydrogen-bond acceptors (Lipinski definition) is 2. The van der Waals surface area contributed by atoms with Crippen LogP contribution in [0.4, 0.5) is 0 Å². The van der Waals surface area contributed by atoms with Crippen LogP contribution in [-0.4, -0.2) is 5.78 Å². The van der Waals surface area contributed by atoms with Crippen molar-refractivity contribution in [3.8, 4) is 6.07 Å². The number of hydrogen-bond donors (Lipinski definition) is 0. The Morgan fingerprint density at radius 3 is 2.62 bits per heavy atom. The van der Waals surface area contributed by atoms with E-state index in [0.717, 1.165) is 15.2 Å². The molecule has 0 fully saturated rings. The highest BCUT2D eigenvalue weighted by molar-refractivity contribution is 9.10. The molecular weight excluding hydrogens is 266 g/mol. The minimum absolute atomic E-state index is 0.0674. The van der Waals surface area contributed by atoms with Crippen molar-refractivity contribution in [2.45, 2.75) is 6.42 Å². The first-order valence-corrected chi connectivity index (χ1v) is 5.59. The topological polar surface area (TPSA) is 40.9 Å². The van der Waals surface area contributed by atoms with E-state index in [0.29, 0.717) is 5.56 Å². The quantitative estimate of drug-likeness (QED) is 0.783. The molecule has 2 aromatic carbocycles. The zero-order valence-electron chi connectivity index (χ0n) is 8.40. The SMILES string of the molecule is N#CCC(=O)c1ccc2cc(Br)ccc2c1. The van der Waals surface area contributed by atoms with Gasteiger partial charge in [0.05, 0.1) is 12.5 Å². The maximum Gasteiger partial charge on any atom is 0.176 e. The summed E-state index contributed by atoms with van der Waals surface area (Å²) >= 11 is 3.39. The summed E-state index contributed by atoms with van der Waals surface area (Å²) in [5.41, 5.74) is 0.594. The van der Waals surface area contributed by atoms with Crippen LogP contribution < -0.4 is 0 Å². The molecule has 0 amide bonds. The van der Waals surface area contributed by atoms with Gasteiger partial charge < -0.3 is 0 Å². The molecule has 0 unspecified atom stereocenters. The van der Waals surface area contributed by atoms with E-state index in [1.165, 1.54) is 0 Å². The predicted octanol–water partition coefficient (Wildman–Crippen LogP) is 3.70. The Labute approximate surface area is 102 Å². The predicted molar refractivity (Wildman–Crippen MR) is 66.2 cm³/mol. The number of Topliss-reactive ketones (excluding diaryl/α,β-unsaturated/α-hetero) is 1. The lowest BCUT2D eigenvalue weighted by atomic mass is 10.0. The van der Waals surface area contributed by atoms with E-state index >= 15 is 0 Å². The largest absolute Gasteiger partial charge is 0.293 e. The molecule has 0 spiro atoms. The van der Waals surface area contributed by atoms with Gasteiger partial charge in [0.2, 0.25) is 0 Å². The third-order valence-corrected chi connectivity index (χ3v) is 2.86. The number of nitriles is 1. The molecule has 0 saturated carbocycles. The van der Waals surface area contributed by atoms with Gasteiger partial charge in [0.25, 0.3) is 0 Å². The van der Waals surface area contributed by atoms with E-state index in [9.17, 15) is 4.79 Å². The highest BCUT2D eigenvalue weighted by atomic mass is 79.9. The smallest absolute Gasteiger partial charge is 0.176 e. The number of carbonyl (C=O) groups is 1. The summed E-state index contributed by atoms with van der Waals surface area (Å²) in [7, 11) is 0. The van der Waals surface area contributed by atoms with Crippen LogP contribution in [0.15, 0.2) is 40.9 Å². The first kappa shape index (κ1) is 10.8. The molecule has 0 aromatic heterocycles. The zero-order chi connectivity index (χ0) is 11.5. The van der Waals surface area contributed by atoms with Gasteiger partial charge >= 0.3 is 0 Å². The van der Waals surface area contributed by atoms with Crippen molar-refractivity contribution in [1.29, 1.82) is 5.26 Å². The molecule has 0 aliphatic rings. The van der Waals surface area contributed by atoms with Crippen molar-refractivity contribution in [2.24, 2.45) is 0 Å². The fraction of sp³-hybridized carbons (Fsp3) is 0.0769. The van der Waals surface area contributed by atoms with Crippen LogP contribution in [0.3, 0.4) is 0 Å². The number of carbonyl (C=O) groups excluding carboxylic acids is 1. The second-order valence-electron chi connectivity index (χ2n) is 3.46. The van der Waals surface area contributed by atoms with E-state index in [-0.39, 0.29) is 12.2 Å². The molecule has 2 rings (SSSR count). The van der Waals surface area contributed by atoms with E-state index in [1.54, 1.807) is 6.07 Å². The molecule has 0 atom stereocenters. The number of ketones is 1. The Hall–Kier alpha value is -1.66. The van der Waals surface area contributed by atoms with Crippen molar-refractivity contribution in [3.05, 3.63) is 46.4 Å². The number of halogens is 1. The van der Waals surface area contributed by atoms with Crippen molar-refractivity contribution >= 4 is 32.5 Å². The first-order chi connectivity index (χ1) is 7.70. The maximum absolute atomic E-state index is 11.5. The molecule has 0 heterocycles. The summed E-state index contributed by atoms with van der Waals surface area (Å²) in [4.78, 5) is 11.5. The first-order valence-electron chi connectivity index (χ1n) is 4.80. The Morgan fingerprint density at radius 1 is 1.19 bits per heavy atom. The number of fused-ring (bicyclic) bond motifs is 1. The molecule has 0 radical (unpaired) electrons. The fourth-order valence-corrected chi connectivity index (χ4v) is 1.94. The van der Waals surface area contributed by atoms with Crippen LogP contribution in [0, 0.1) is 11.3 Å². The lowest BCUT2D eigenvalue weighted by Crippen LogP contribution is -1.96. The molecule has 0 saturated heterocycles. The molecule has 0 N–H and O–H groups in total. The van der Waals surface area contributed by atoms with Crippen LogP contribution >= 0.6 is 15.9 Å². The standard InChI is InChI=1S/C13H8BrNO/c14-12-4-3-9-7-11(13(16)5-6-15)2-1-10(9)8-12/h1-4,7-8H,5H2. The Bertz CT molecular complexity index is 598. The minimum Gasteiger partial charge on any atom is -0.293 e. The highest BCUT2D eigenvalue weighted by Crippen LogP contribution is 2.21. The zero-order valence-corrected chi connectivity index (χ0v) is 9.99. The second kappa shape index (κ2) is 4.46. The maximum atomic E-state index is 11.5. The van der Waals surface area contributed by atoms with Crippen molar-refractivity contribution in [3.63, 3.8) is 0 Å². The Balaban J connectivity index is 2.49. The third-order valence-electron chi connectivity index (χ3n) is 2.36. The molecule has 16 heavy (non-hydrogen) atoms. The summed E-state index contributed by atoms with van der Waals surface area (Å²) in [6.07, 6.45) is -0.0674. The lowest BCUT2D eigenvalue weighted by Gasteiger charge is -2.01. The number of nitrogens with zero attached hydrogens (tertiary/aromatic N) is 1. The van der Waals surface area contributed by atoms with Gasteiger partial charge in [0.1, 0.15) is 0 Å². The normalized spacial score (nSPS) is 10.0. The van der Waals surface area contributed by atoms with Crippen molar-refractivity contribution in [2.75, 3.05) is 0 Å². The summed E-state index contributed by atoms with van der Waals surface area (Å²) < 4.78 is 1.01. The average molecular weight is 274 g/mol. The van der Waals surface area contributed by atoms with E-state index in [4.69, 9.17) is 5.26 Å². The summed E-state index contributed by atoms with van der Waals surface area (Å²) in [6, 6.07) is 13.2. The van der Waals surface area contributed by atoms with Crippen LogP contribution in [-0.2, 0) is 0 Å². The highest BCUT2D eigenvalue weighted by Gasteiger charge is 2.05. The molecule has 0 aliphatic heterocycles. The summed E-state index contributed by atoms with van der Waals surface area (Å²) in [6.45, 7) is 0. The minimum atomic E-state index is -0.132. The van der Waals surface area contributed by atoms with Gasteiger partial charge in [0.15, 0.2) is 5.78 Å². The van der Waals surface area contributed by atoms with Crippen LogP contribution in [0.25, 0.3) is 10.8 Å². The van der Waals surface area contributed by atoms with Gasteiger partial charge in [-0.1, -0.05) is 34.1 Å². The molecular formula is C13H8BrNO. The lowest BCUT2D eigenvalue weighted by molar-refractivity contribution is 0.0998. The Morgan fingerprint density at radius 2 is 1.88 bits per heavy atom. The van der Waals surface area contributed by atoms with Gasteiger partial charge in [0, 0.05) is 10.0 Å². The molecule has 0 aliphatic carbocycles. The van der Waals surface area contributed by atoms with Crippen LogP contribution in [0.1, 0.15) is 16.8 Å². The van der Waals surface area contributed by atoms with Gasteiger partial charge in [-0.3, -0.25) is 4.79 Å². The van der Waals surface area contributed by atoms with E-state index in [2.05, 4.69) is 15.9 Å². The van der Waals surface area contributed by atoms with Gasteiger partial charge in [-0.2, -0.15) is 5.26 Å². The summed E-state index contributed by atoms with van der Waals surface area (Å²) in [5, 5.41) is 10.5. The number of rotatable bonds is 2. The fourth-order valence-electron chi connectivity index (χ4n) is 1.56. The van der Waals surface area contributed by atoms with Gasteiger partial charge in [-0.25, -0.2) is 0 Å². The summed E-state index contributed by atoms with van der Waals surface area (Å²) in [5.74, 6) is -0.132. The van der Waals surface area contributed by atoms with Crippen LogP contribution in [0.2, 0.25) is 0 Å².